The molecule has 27 heavy (non-hydrogen) atoms. The molecule has 0 atom stereocenters. The molecule has 2 aromatic rings. The number of ether oxygens (including phenoxy) is 1. The summed E-state index contributed by atoms with van der Waals surface area (Å²) >= 11 is 0. The zero-order chi connectivity index (χ0) is 20.0. The molecule has 0 bridgehead atoms. The zero-order valence-electron chi connectivity index (χ0n) is 16.2. The quantitative estimate of drug-likeness (QED) is 0.752. The van der Waals surface area contributed by atoms with Gasteiger partial charge in [0.05, 0.1) is 18.5 Å². The van der Waals surface area contributed by atoms with E-state index in [1.165, 1.54) is 4.31 Å². The van der Waals surface area contributed by atoms with E-state index in [1.54, 1.807) is 12.1 Å². The maximum absolute atomic E-state index is 12.2. The number of nitrogens with zero attached hydrogens (tertiary/aromatic N) is 1. The van der Waals surface area contributed by atoms with Crippen LogP contribution in [0.2, 0.25) is 0 Å². The van der Waals surface area contributed by atoms with E-state index in [4.69, 9.17) is 4.74 Å². The van der Waals surface area contributed by atoms with Crippen LogP contribution < -0.4 is 14.4 Å². The molecular formula is C20H26N2O4S. The molecule has 0 spiro atoms. The van der Waals surface area contributed by atoms with E-state index < -0.39 is 10.0 Å². The third-order valence-corrected chi connectivity index (χ3v) is 5.24. The van der Waals surface area contributed by atoms with Gasteiger partial charge in [-0.15, -0.1) is 0 Å². The van der Waals surface area contributed by atoms with Crippen LogP contribution in [0.15, 0.2) is 42.5 Å². The van der Waals surface area contributed by atoms with Crippen LogP contribution in [0.5, 0.6) is 5.75 Å². The maximum Gasteiger partial charge on any atom is 0.258 e. The standard InChI is InChI=1S/C20H26N2O4S/c1-15-6-9-18(10-7-15)26-14-20(23)21-11-12-22(27(4,24)25)19-13-16(2)5-8-17(19)3/h5-10,13H,11-12,14H2,1-4H3,(H,21,23). The van der Waals surface area contributed by atoms with Crippen LogP contribution in [0.4, 0.5) is 5.69 Å². The van der Waals surface area contributed by atoms with Crippen molar-refractivity contribution >= 4 is 21.6 Å². The first-order valence-corrected chi connectivity index (χ1v) is 10.5. The van der Waals surface area contributed by atoms with Crippen molar-refractivity contribution in [2.45, 2.75) is 20.8 Å². The number of hydrogen-bond acceptors (Lipinski definition) is 4. The fourth-order valence-electron chi connectivity index (χ4n) is 2.58. The lowest BCUT2D eigenvalue weighted by atomic mass is 10.1. The number of anilines is 1. The molecule has 0 aliphatic rings. The minimum Gasteiger partial charge on any atom is -0.484 e. The largest absolute Gasteiger partial charge is 0.484 e. The lowest BCUT2D eigenvalue weighted by Gasteiger charge is -2.24. The van der Waals surface area contributed by atoms with Crippen LogP contribution in [0.25, 0.3) is 0 Å². The summed E-state index contributed by atoms with van der Waals surface area (Å²) in [5.74, 6) is 0.314. The summed E-state index contributed by atoms with van der Waals surface area (Å²) in [7, 11) is -3.46. The van der Waals surface area contributed by atoms with Gasteiger partial charge >= 0.3 is 0 Å². The summed E-state index contributed by atoms with van der Waals surface area (Å²) < 4.78 is 31.1. The number of carbonyl (C=O) groups excluding carboxylic acids is 1. The first-order valence-electron chi connectivity index (χ1n) is 8.68. The molecule has 1 amide bonds. The Kier molecular flexibility index (Phi) is 6.85. The summed E-state index contributed by atoms with van der Waals surface area (Å²) in [6.07, 6.45) is 1.16. The third-order valence-electron chi connectivity index (χ3n) is 4.06. The van der Waals surface area contributed by atoms with Crippen molar-refractivity contribution in [3.8, 4) is 5.75 Å². The molecule has 7 heteroatoms. The first-order chi connectivity index (χ1) is 12.7. The summed E-state index contributed by atoms with van der Waals surface area (Å²) in [6.45, 7) is 5.97. The van der Waals surface area contributed by atoms with Gasteiger partial charge in [0.15, 0.2) is 6.61 Å². The summed E-state index contributed by atoms with van der Waals surface area (Å²) in [5, 5.41) is 2.70. The topological polar surface area (TPSA) is 75.7 Å². The van der Waals surface area contributed by atoms with Gasteiger partial charge in [0.25, 0.3) is 5.91 Å². The Morgan fingerprint density at radius 2 is 1.67 bits per heavy atom. The van der Waals surface area contributed by atoms with E-state index in [1.807, 2.05) is 51.1 Å². The van der Waals surface area contributed by atoms with Crippen LogP contribution in [-0.4, -0.2) is 40.3 Å². The van der Waals surface area contributed by atoms with E-state index in [9.17, 15) is 13.2 Å². The van der Waals surface area contributed by atoms with Crippen molar-refractivity contribution in [2.75, 3.05) is 30.3 Å². The SMILES string of the molecule is Cc1ccc(OCC(=O)NCCN(c2cc(C)ccc2C)S(C)(=O)=O)cc1. The van der Waals surface area contributed by atoms with Gasteiger partial charge < -0.3 is 10.1 Å². The van der Waals surface area contributed by atoms with Gasteiger partial charge in [0.1, 0.15) is 5.75 Å². The zero-order valence-corrected chi connectivity index (χ0v) is 17.0. The fraction of sp³-hybridized carbons (Fsp3) is 0.350. The molecule has 0 fully saturated rings. The number of benzene rings is 2. The second-order valence-electron chi connectivity index (χ2n) is 6.58. The molecule has 0 radical (unpaired) electrons. The Morgan fingerprint density at radius 1 is 1.04 bits per heavy atom. The highest BCUT2D eigenvalue weighted by Gasteiger charge is 2.19. The first kappa shape index (κ1) is 20.8. The number of hydrogen-bond donors (Lipinski definition) is 1. The number of rotatable bonds is 8. The smallest absolute Gasteiger partial charge is 0.258 e. The van der Waals surface area contributed by atoms with E-state index in [2.05, 4.69) is 5.32 Å². The Bertz CT molecular complexity index is 893. The number of carbonyl (C=O) groups is 1. The number of nitrogens with one attached hydrogen (secondary N) is 1. The second-order valence-corrected chi connectivity index (χ2v) is 8.48. The van der Waals surface area contributed by atoms with Crippen molar-refractivity contribution in [3.63, 3.8) is 0 Å². The molecule has 1 N–H and O–H groups in total. The predicted octanol–water partition coefficient (Wildman–Crippen LogP) is 2.57. The number of aryl methyl sites for hydroxylation is 3. The van der Waals surface area contributed by atoms with Crippen molar-refractivity contribution in [1.29, 1.82) is 0 Å². The lowest BCUT2D eigenvalue weighted by molar-refractivity contribution is -0.123. The van der Waals surface area contributed by atoms with Gasteiger partial charge in [-0.25, -0.2) is 8.42 Å². The third kappa shape index (κ3) is 6.29. The summed E-state index contributed by atoms with van der Waals surface area (Å²) in [6, 6.07) is 13.1. The molecule has 2 aromatic carbocycles. The highest BCUT2D eigenvalue weighted by atomic mass is 32.2. The molecule has 0 heterocycles. The van der Waals surface area contributed by atoms with Gasteiger partial charge in [-0.05, 0) is 50.1 Å². The highest BCUT2D eigenvalue weighted by molar-refractivity contribution is 7.92. The van der Waals surface area contributed by atoms with Crippen molar-refractivity contribution in [3.05, 3.63) is 59.2 Å². The highest BCUT2D eigenvalue weighted by Crippen LogP contribution is 2.23. The van der Waals surface area contributed by atoms with Gasteiger partial charge in [0, 0.05) is 6.54 Å². The molecule has 0 saturated heterocycles. The molecule has 0 unspecified atom stereocenters. The fourth-order valence-corrected chi connectivity index (χ4v) is 3.56. The second kappa shape index (κ2) is 8.90. The molecule has 146 valence electrons. The van der Waals surface area contributed by atoms with Crippen LogP contribution in [0, 0.1) is 20.8 Å². The van der Waals surface area contributed by atoms with Gasteiger partial charge in [0.2, 0.25) is 10.0 Å². The van der Waals surface area contributed by atoms with E-state index in [0.717, 1.165) is 22.9 Å². The number of sulfonamides is 1. The van der Waals surface area contributed by atoms with E-state index in [0.29, 0.717) is 11.4 Å². The molecule has 0 aliphatic carbocycles. The van der Waals surface area contributed by atoms with Crippen LogP contribution in [-0.2, 0) is 14.8 Å². The maximum atomic E-state index is 12.2. The van der Waals surface area contributed by atoms with Crippen molar-refractivity contribution in [1.82, 2.24) is 5.32 Å². The Labute approximate surface area is 161 Å². The van der Waals surface area contributed by atoms with Gasteiger partial charge in [-0.3, -0.25) is 9.10 Å². The van der Waals surface area contributed by atoms with E-state index in [-0.39, 0.29) is 25.6 Å². The van der Waals surface area contributed by atoms with Crippen molar-refractivity contribution in [2.24, 2.45) is 0 Å². The summed E-state index contributed by atoms with van der Waals surface area (Å²) in [5.41, 5.74) is 3.57. The molecule has 6 nitrogen and oxygen atoms in total. The normalized spacial score (nSPS) is 11.1. The Balaban J connectivity index is 1.92. The van der Waals surface area contributed by atoms with Crippen LogP contribution in [0.3, 0.4) is 0 Å². The molecule has 0 saturated carbocycles. The Hall–Kier alpha value is -2.54. The molecule has 0 aliphatic heterocycles. The molecular weight excluding hydrogens is 364 g/mol. The molecule has 2 rings (SSSR count). The minimum atomic E-state index is -3.46. The average Bonchev–Trinajstić information content (AvgIpc) is 2.59. The lowest BCUT2D eigenvalue weighted by Crippen LogP contribution is -2.39. The molecule has 0 aromatic heterocycles. The minimum absolute atomic E-state index is 0.120. The van der Waals surface area contributed by atoms with Crippen molar-refractivity contribution < 1.29 is 17.9 Å². The predicted molar refractivity (Wildman–Crippen MR) is 108 cm³/mol. The van der Waals surface area contributed by atoms with Gasteiger partial charge in [-0.1, -0.05) is 29.8 Å². The average molecular weight is 391 g/mol. The van der Waals surface area contributed by atoms with Crippen LogP contribution >= 0.6 is 0 Å². The summed E-state index contributed by atoms with van der Waals surface area (Å²) in [4.78, 5) is 12.0. The Morgan fingerprint density at radius 3 is 2.30 bits per heavy atom. The monoisotopic (exact) mass is 390 g/mol. The van der Waals surface area contributed by atoms with Crippen LogP contribution in [0.1, 0.15) is 16.7 Å². The van der Waals surface area contributed by atoms with Gasteiger partial charge in [-0.2, -0.15) is 0 Å². The van der Waals surface area contributed by atoms with E-state index >= 15 is 0 Å². The number of amides is 1.